The van der Waals surface area contributed by atoms with Gasteiger partial charge in [0.1, 0.15) is 0 Å². The lowest BCUT2D eigenvalue weighted by molar-refractivity contribution is 0.272. The second kappa shape index (κ2) is 3.45. The summed E-state index contributed by atoms with van der Waals surface area (Å²) in [5.74, 6) is -4.21. The van der Waals surface area contributed by atoms with Gasteiger partial charge in [-0.25, -0.2) is 13.2 Å². The molecule has 0 amide bonds. The van der Waals surface area contributed by atoms with E-state index in [1.165, 1.54) is 0 Å². The minimum Gasteiger partial charge on any atom is -0.392 e. The lowest BCUT2D eigenvalue weighted by atomic mass is 10.2. The van der Waals surface area contributed by atoms with Crippen LogP contribution in [0.3, 0.4) is 0 Å². The number of aliphatic hydroxyl groups is 1. The first-order valence-corrected chi connectivity index (χ1v) is 3.80. The Morgan fingerprint density at radius 2 is 1.75 bits per heavy atom. The van der Waals surface area contributed by atoms with Gasteiger partial charge in [0.05, 0.1) is 11.1 Å². The molecule has 0 radical (unpaired) electrons. The summed E-state index contributed by atoms with van der Waals surface area (Å²) < 4.78 is 37.6. The maximum atomic E-state index is 12.6. The molecule has 5 heteroatoms. The van der Waals surface area contributed by atoms with E-state index >= 15 is 0 Å². The fraction of sp³-hybridized carbons (Fsp3) is 0.143. The third-order valence-corrected chi connectivity index (χ3v) is 1.93. The molecule has 1 nitrogen and oxygen atoms in total. The van der Waals surface area contributed by atoms with Crippen LogP contribution in [-0.4, -0.2) is 5.11 Å². The van der Waals surface area contributed by atoms with E-state index in [1.54, 1.807) is 0 Å². The molecule has 0 bridgehead atoms. The van der Waals surface area contributed by atoms with Crippen molar-refractivity contribution in [3.05, 3.63) is 33.6 Å². The van der Waals surface area contributed by atoms with E-state index in [-0.39, 0.29) is 10.0 Å². The summed E-state index contributed by atoms with van der Waals surface area (Å²) in [5, 5.41) is 8.51. The topological polar surface area (TPSA) is 20.2 Å². The minimum absolute atomic E-state index is 0.203. The number of hydrogen-bond acceptors (Lipinski definition) is 1. The molecule has 0 aliphatic carbocycles. The molecule has 0 aromatic heterocycles. The van der Waals surface area contributed by atoms with Gasteiger partial charge >= 0.3 is 0 Å². The van der Waals surface area contributed by atoms with E-state index in [0.717, 1.165) is 6.07 Å². The molecular weight excluding hydrogens is 237 g/mol. The highest BCUT2D eigenvalue weighted by molar-refractivity contribution is 9.10. The summed E-state index contributed by atoms with van der Waals surface area (Å²) in [6.07, 6.45) is 0. The van der Waals surface area contributed by atoms with Crippen molar-refractivity contribution in [1.82, 2.24) is 0 Å². The van der Waals surface area contributed by atoms with Gasteiger partial charge in [0.15, 0.2) is 17.5 Å². The Kier molecular flexibility index (Phi) is 2.74. The molecule has 0 aliphatic heterocycles. The molecule has 0 atom stereocenters. The van der Waals surface area contributed by atoms with Gasteiger partial charge in [-0.1, -0.05) is 0 Å². The molecule has 1 rings (SSSR count). The molecule has 0 unspecified atom stereocenters. The van der Waals surface area contributed by atoms with E-state index in [1.807, 2.05) is 0 Å². The third kappa shape index (κ3) is 1.47. The molecule has 0 heterocycles. The Morgan fingerprint density at radius 3 is 2.25 bits per heavy atom. The van der Waals surface area contributed by atoms with Gasteiger partial charge < -0.3 is 5.11 Å². The average Bonchev–Trinajstić information content (AvgIpc) is 2.08. The Bertz CT molecular complexity index is 314. The number of benzene rings is 1. The van der Waals surface area contributed by atoms with Crippen LogP contribution < -0.4 is 0 Å². The Labute approximate surface area is 75.0 Å². The first-order chi connectivity index (χ1) is 5.57. The summed E-state index contributed by atoms with van der Waals surface area (Å²) in [4.78, 5) is 0. The fourth-order valence-corrected chi connectivity index (χ4v) is 1.19. The standard InChI is InChI=1S/C7H4BrF3O/c8-4-1-3(2-12)5(9)7(11)6(4)10/h1,12H,2H2. The van der Waals surface area contributed by atoms with Crippen LogP contribution in [0.5, 0.6) is 0 Å². The lowest BCUT2D eigenvalue weighted by Crippen LogP contribution is -1.98. The van der Waals surface area contributed by atoms with Crippen molar-refractivity contribution < 1.29 is 18.3 Å². The number of rotatable bonds is 1. The third-order valence-electron chi connectivity index (χ3n) is 1.35. The summed E-state index contributed by atoms with van der Waals surface area (Å²) in [7, 11) is 0. The van der Waals surface area contributed by atoms with Gasteiger partial charge in [0, 0.05) is 5.56 Å². The molecule has 1 N–H and O–H groups in total. The predicted molar refractivity (Wildman–Crippen MR) is 39.9 cm³/mol. The second-order valence-electron chi connectivity index (χ2n) is 2.12. The molecule has 0 fully saturated rings. The van der Waals surface area contributed by atoms with Gasteiger partial charge in [0.2, 0.25) is 0 Å². The lowest BCUT2D eigenvalue weighted by Gasteiger charge is -2.02. The Balaban J connectivity index is 3.39. The van der Waals surface area contributed by atoms with Crippen molar-refractivity contribution in [3.8, 4) is 0 Å². The molecular formula is C7H4BrF3O. The van der Waals surface area contributed by atoms with Gasteiger partial charge in [-0.05, 0) is 22.0 Å². The smallest absolute Gasteiger partial charge is 0.195 e. The molecule has 0 saturated heterocycles. The molecule has 66 valence electrons. The van der Waals surface area contributed by atoms with E-state index in [9.17, 15) is 13.2 Å². The van der Waals surface area contributed by atoms with Crippen molar-refractivity contribution in [2.45, 2.75) is 6.61 Å². The highest BCUT2D eigenvalue weighted by Gasteiger charge is 2.16. The average molecular weight is 241 g/mol. The Morgan fingerprint density at radius 1 is 1.17 bits per heavy atom. The number of aliphatic hydroxyl groups excluding tert-OH is 1. The highest BCUT2D eigenvalue weighted by atomic mass is 79.9. The molecule has 1 aromatic rings. The van der Waals surface area contributed by atoms with Gasteiger partial charge in [0.25, 0.3) is 0 Å². The Hall–Kier alpha value is -0.550. The predicted octanol–water partition coefficient (Wildman–Crippen LogP) is 2.36. The summed E-state index contributed by atoms with van der Waals surface area (Å²) in [5.41, 5.74) is -0.277. The first kappa shape index (κ1) is 9.54. The maximum absolute atomic E-state index is 12.6. The van der Waals surface area contributed by atoms with Crippen LogP contribution in [0.4, 0.5) is 13.2 Å². The van der Waals surface area contributed by atoms with Crippen LogP contribution in [0.25, 0.3) is 0 Å². The molecule has 0 aliphatic rings. The molecule has 0 saturated carbocycles. The van der Waals surface area contributed by atoms with Crippen LogP contribution in [0.2, 0.25) is 0 Å². The molecule has 12 heavy (non-hydrogen) atoms. The largest absolute Gasteiger partial charge is 0.392 e. The van der Waals surface area contributed by atoms with E-state index in [2.05, 4.69) is 15.9 Å². The summed E-state index contributed by atoms with van der Waals surface area (Å²) >= 11 is 2.68. The van der Waals surface area contributed by atoms with Crippen LogP contribution >= 0.6 is 15.9 Å². The quantitative estimate of drug-likeness (QED) is 0.591. The minimum atomic E-state index is -1.58. The highest BCUT2D eigenvalue weighted by Crippen LogP contribution is 2.23. The maximum Gasteiger partial charge on any atom is 0.195 e. The second-order valence-corrected chi connectivity index (χ2v) is 2.97. The molecule has 0 spiro atoms. The van der Waals surface area contributed by atoms with E-state index in [4.69, 9.17) is 5.11 Å². The van der Waals surface area contributed by atoms with Crippen molar-refractivity contribution in [1.29, 1.82) is 0 Å². The van der Waals surface area contributed by atoms with Gasteiger partial charge in [-0.3, -0.25) is 0 Å². The zero-order chi connectivity index (χ0) is 9.30. The van der Waals surface area contributed by atoms with E-state index < -0.39 is 24.1 Å². The van der Waals surface area contributed by atoms with Crippen LogP contribution in [0.15, 0.2) is 10.5 Å². The summed E-state index contributed by atoms with van der Waals surface area (Å²) in [6.45, 7) is -0.665. The van der Waals surface area contributed by atoms with Gasteiger partial charge in [-0.2, -0.15) is 0 Å². The van der Waals surface area contributed by atoms with Crippen LogP contribution in [-0.2, 0) is 6.61 Å². The van der Waals surface area contributed by atoms with Crippen LogP contribution in [0, 0.1) is 17.5 Å². The van der Waals surface area contributed by atoms with Crippen molar-refractivity contribution in [3.63, 3.8) is 0 Å². The van der Waals surface area contributed by atoms with Crippen LogP contribution in [0.1, 0.15) is 5.56 Å². The SMILES string of the molecule is OCc1cc(Br)c(F)c(F)c1F. The normalized spacial score (nSPS) is 10.4. The fourth-order valence-electron chi connectivity index (χ4n) is 0.737. The van der Waals surface area contributed by atoms with Gasteiger partial charge in [-0.15, -0.1) is 0 Å². The van der Waals surface area contributed by atoms with Crippen molar-refractivity contribution in [2.75, 3.05) is 0 Å². The summed E-state index contributed by atoms with van der Waals surface area (Å²) in [6, 6.07) is 0.994. The monoisotopic (exact) mass is 240 g/mol. The van der Waals surface area contributed by atoms with E-state index in [0.29, 0.717) is 0 Å². The first-order valence-electron chi connectivity index (χ1n) is 3.00. The number of halogens is 4. The van der Waals surface area contributed by atoms with Crippen molar-refractivity contribution in [2.24, 2.45) is 0 Å². The number of hydrogen-bond donors (Lipinski definition) is 1. The zero-order valence-electron chi connectivity index (χ0n) is 5.74. The molecule has 1 aromatic carbocycles. The van der Waals surface area contributed by atoms with Crippen molar-refractivity contribution >= 4 is 15.9 Å². The zero-order valence-corrected chi connectivity index (χ0v) is 7.33.